The SMILES string of the molecule is CC1C(N)CCCC1C(=O)N1C[C@@H](C)O[C@@H](C)C1. The molecule has 104 valence electrons. The summed E-state index contributed by atoms with van der Waals surface area (Å²) in [4.78, 5) is 14.6. The van der Waals surface area contributed by atoms with Crippen molar-refractivity contribution in [3.05, 3.63) is 0 Å². The number of morpholine rings is 1. The fourth-order valence-electron chi connectivity index (χ4n) is 3.34. The van der Waals surface area contributed by atoms with E-state index in [9.17, 15) is 4.79 Å². The summed E-state index contributed by atoms with van der Waals surface area (Å²) in [6.45, 7) is 7.64. The van der Waals surface area contributed by atoms with Crippen LogP contribution < -0.4 is 5.73 Å². The van der Waals surface area contributed by atoms with Gasteiger partial charge in [0.25, 0.3) is 0 Å². The zero-order chi connectivity index (χ0) is 13.3. The molecule has 4 heteroatoms. The highest BCUT2D eigenvalue weighted by Gasteiger charge is 2.37. The standard InChI is InChI=1S/C14H26N2O2/c1-9-7-16(8-10(2)18-9)14(17)12-5-4-6-13(15)11(12)3/h9-13H,4-8,15H2,1-3H3/t9-,10+,11?,12?,13?. The number of carbonyl (C=O) groups is 1. The van der Waals surface area contributed by atoms with Gasteiger partial charge in [-0.3, -0.25) is 4.79 Å². The molecule has 2 aliphatic rings. The summed E-state index contributed by atoms with van der Waals surface area (Å²) < 4.78 is 5.68. The number of carbonyl (C=O) groups excluding carboxylic acids is 1. The average Bonchev–Trinajstić information content (AvgIpc) is 2.30. The highest BCUT2D eigenvalue weighted by molar-refractivity contribution is 5.79. The molecule has 1 amide bonds. The van der Waals surface area contributed by atoms with Crippen molar-refractivity contribution in [3.63, 3.8) is 0 Å². The van der Waals surface area contributed by atoms with Crippen molar-refractivity contribution in [2.24, 2.45) is 17.6 Å². The normalized spacial score (nSPS) is 41.8. The fraction of sp³-hybridized carbons (Fsp3) is 0.929. The maximum Gasteiger partial charge on any atom is 0.226 e. The number of nitrogens with two attached hydrogens (primary N) is 1. The quantitative estimate of drug-likeness (QED) is 0.769. The van der Waals surface area contributed by atoms with Crippen LogP contribution in [0.1, 0.15) is 40.0 Å². The number of amides is 1. The van der Waals surface area contributed by atoms with E-state index >= 15 is 0 Å². The molecular formula is C14H26N2O2. The first-order valence-electron chi connectivity index (χ1n) is 7.19. The van der Waals surface area contributed by atoms with Gasteiger partial charge < -0.3 is 15.4 Å². The Morgan fingerprint density at radius 2 is 1.78 bits per heavy atom. The first-order valence-corrected chi connectivity index (χ1v) is 7.19. The molecule has 2 rings (SSSR count). The van der Waals surface area contributed by atoms with Crippen LogP contribution in [0.25, 0.3) is 0 Å². The van der Waals surface area contributed by atoms with Crippen molar-refractivity contribution in [1.82, 2.24) is 4.90 Å². The maximum absolute atomic E-state index is 12.6. The van der Waals surface area contributed by atoms with Gasteiger partial charge in [-0.25, -0.2) is 0 Å². The molecular weight excluding hydrogens is 228 g/mol. The fourth-order valence-corrected chi connectivity index (χ4v) is 3.34. The van der Waals surface area contributed by atoms with Gasteiger partial charge in [-0.2, -0.15) is 0 Å². The first-order chi connectivity index (χ1) is 8.49. The van der Waals surface area contributed by atoms with Crippen LogP contribution >= 0.6 is 0 Å². The zero-order valence-electron chi connectivity index (χ0n) is 11.8. The molecule has 1 saturated carbocycles. The molecule has 0 aromatic carbocycles. The predicted octanol–water partition coefficient (Wildman–Crippen LogP) is 1.39. The van der Waals surface area contributed by atoms with Crippen molar-refractivity contribution in [2.45, 2.75) is 58.3 Å². The summed E-state index contributed by atoms with van der Waals surface area (Å²) >= 11 is 0. The zero-order valence-corrected chi connectivity index (χ0v) is 11.8. The molecule has 18 heavy (non-hydrogen) atoms. The Morgan fingerprint density at radius 3 is 2.39 bits per heavy atom. The molecule has 0 aromatic rings. The summed E-state index contributed by atoms with van der Waals surface area (Å²) in [6.07, 6.45) is 3.42. The first kappa shape index (κ1) is 13.8. The van der Waals surface area contributed by atoms with E-state index in [2.05, 4.69) is 6.92 Å². The van der Waals surface area contributed by atoms with Crippen molar-refractivity contribution in [2.75, 3.05) is 13.1 Å². The van der Waals surface area contributed by atoms with Crippen LogP contribution in [0.5, 0.6) is 0 Å². The minimum Gasteiger partial charge on any atom is -0.372 e. The molecule has 1 saturated heterocycles. The highest BCUT2D eigenvalue weighted by Crippen LogP contribution is 2.31. The Labute approximate surface area is 110 Å². The van der Waals surface area contributed by atoms with E-state index in [1.807, 2.05) is 18.7 Å². The third kappa shape index (κ3) is 2.86. The van der Waals surface area contributed by atoms with Gasteiger partial charge in [-0.05, 0) is 32.6 Å². The van der Waals surface area contributed by atoms with Crippen LogP contribution in [0.15, 0.2) is 0 Å². The summed E-state index contributed by atoms with van der Waals surface area (Å²) in [5.74, 6) is 0.714. The van der Waals surface area contributed by atoms with Crippen LogP contribution in [0.4, 0.5) is 0 Å². The number of hydrogen-bond acceptors (Lipinski definition) is 3. The van der Waals surface area contributed by atoms with E-state index in [1.165, 1.54) is 0 Å². The number of rotatable bonds is 1. The Bertz CT molecular complexity index is 298. The lowest BCUT2D eigenvalue weighted by Crippen LogP contribution is -2.52. The minimum absolute atomic E-state index is 0.117. The lowest BCUT2D eigenvalue weighted by molar-refractivity contribution is -0.150. The molecule has 0 aromatic heterocycles. The van der Waals surface area contributed by atoms with Crippen LogP contribution in [-0.2, 0) is 9.53 Å². The van der Waals surface area contributed by atoms with E-state index in [1.54, 1.807) is 0 Å². The molecule has 1 aliphatic carbocycles. The molecule has 1 aliphatic heterocycles. The van der Waals surface area contributed by atoms with Crippen molar-refractivity contribution >= 4 is 5.91 Å². The second kappa shape index (κ2) is 5.57. The molecule has 0 spiro atoms. The van der Waals surface area contributed by atoms with E-state index in [4.69, 9.17) is 10.5 Å². The summed E-state index contributed by atoms with van der Waals surface area (Å²) in [7, 11) is 0. The third-order valence-electron chi connectivity index (χ3n) is 4.41. The van der Waals surface area contributed by atoms with Crippen molar-refractivity contribution in [3.8, 4) is 0 Å². The lowest BCUT2D eigenvalue weighted by Gasteiger charge is -2.40. The molecule has 0 radical (unpaired) electrons. The summed E-state index contributed by atoms with van der Waals surface area (Å²) in [6, 6.07) is 0.184. The van der Waals surface area contributed by atoms with E-state index in [-0.39, 0.29) is 24.2 Å². The second-order valence-corrected chi connectivity index (χ2v) is 6.06. The van der Waals surface area contributed by atoms with Gasteiger partial charge in [-0.1, -0.05) is 13.3 Å². The van der Waals surface area contributed by atoms with E-state index in [0.717, 1.165) is 32.4 Å². The van der Waals surface area contributed by atoms with Gasteiger partial charge in [-0.15, -0.1) is 0 Å². The van der Waals surface area contributed by atoms with Crippen LogP contribution in [0.2, 0.25) is 0 Å². The Balaban J connectivity index is 2.01. The number of hydrogen-bond donors (Lipinski definition) is 1. The van der Waals surface area contributed by atoms with Crippen molar-refractivity contribution < 1.29 is 9.53 Å². The van der Waals surface area contributed by atoms with Gasteiger partial charge >= 0.3 is 0 Å². The molecule has 1 heterocycles. The Kier molecular flexibility index (Phi) is 4.28. The summed E-state index contributed by atoms with van der Waals surface area (Å²) in [5.41, 5.74) is 6.10. The molecule has 4 nitrogen and oxygen atoms in total. The Hall–Kier alpha value is -0.610. The van der Waals surface area contributed by atoms with E-state index in [0.29, 0.717) is 11.8 Å². The van der Waals surface area contributed by atoms with Gasteiger partial charge in [0.1, 0.15) is 0 Å². The number of ether oxygens (including phenoxy) is 1. The predicted molar refractivity (Wildman–Crippen MR) is 71.1 cm³/mol. The van der Waals surface area contributed by atoms with E-state index < -0.39 is 0 Å². The highest BCUT2D eigenvalue weighted by atomic mass is 16.5. The maximum atomic E-state index is 12.6. The summed E-state index contributed by atoms with van der Waals surface area (Å²) in [5, 5.41) is 0. The van der Waals surface area contributed by atoms with Gasteiger partial charge in [0.05, 0.1) is 12.2 Å². The van der Waals surface area contributed by atoms with Gasteiger partial charge in [0, 0.05) is 25.0 Å². The lowest BCUT2D eigenvalue weighted by atomic mass is 9.76. The van der Waals surface area contributed by atoms with Crippen LogP contribution in [0.3, 0.4) is 0 Å². The van der Waals surface area contributed by atoms with Crippen molar-refractivity contribution in [1.29, 1.82) is 0 Å². The van der Waals surface area contributed by atoms with Crippen LogP contribution in [-0.4, -0.2) is 42.1 Å². The third-order valence-corrected chi connectivity index (χ3v) is 4.41. The monoisotopic (exact) mass is 254 g/mol. The molecule has 5 atom stereocenters. The second-order valence-electron chi connectivity index (χ2n) is 6.06. The molecule has 2 fully saturated rings. The molecule has 3 unspecified atom stereocenters. The molecule has 0 bridgehead atoms. The largest absolute Gasteiger partial charge is 0.372 e. The molecule has 2 N–H and O–H groups in total. The minimum atomic E-state index is 0.117. The topological polar surface area (TPSA) is 55.6 Å². The average molecular weight is 254 g/mol. The smallest absolute Gasteiger partial charge is 0.226 e. The Morgan fingerprint density at radius 1 is 1.17 bits per heavy atom. The van der Waals surface area contributed by atoms with Crippen LogP contribution in [0, 0.1) is 11.8 Å². The number of nitrogens with zero attached hydrogens (tertiary/aromatic N) is 1. The van der Waals surface area contributed by atoms with Gasteiger partial charge in [0.15, 0.2) is 0 Å². The van der Waals surface area contributed by atoms with Gasteiger partial charge in [0.2, 0.25) is 5.91 Å².